The van der Waals surface area contributed by atoms with Gasteiger partial charge in [0.1, 0.15) is 11.6 Å². The predicted molar refractivity (Wildman–Crippen MR) is 154 cm³/mol. The highest BCUT2D eigenvalue weighted by Crippen LogP contribution is 2.29. The van der Waals surface area contributed by atoms with Crippen molar-refractivity contribution < 1.29 is 38.2 Å². The summed E-state index contributed by atoms with van der Waals surface area (Å²) in [5.74, 6) is -1.48. The average Bonchev–Trinajstić information content (AvgIpc) is 3.25. The van der Waals surface area contributed by atoms with Crippen LogP contribution in [0.15, 0.2) is 23.3 Å². The number of carbonyl (C=O) groups excluding carboxylic acids is 5. The van der Waals surface area contributed by atoms with Crippen molar-refractivity contribution >= 4 is 35.4 Å². The number of azide groups is 1. The molecule has 1 atom stereocenters. The summed E-state index contributed by atoms with van der Waals surface area (Å²) in [5.41, 5.74) is 9.12. The molecule has 15 heteroatoms. The summed E-state index contributed by atoms with van der Waals surface area (Å²) in [4.78, 5) is 67.7. The van der Waals surface area contributed by atoms with Crippen LogP contribution in [-0.4, -0.2) is 97.2 Å². The molecule has 0 spiro atoms. The molecule has 5 amide bonds. The van der Waals surface area contributed by atoms with Gasteiger partial charge in [0, 0.05) is 61.8 Å². The Morgan fingerprint density at radius 3 is 2.58 bits per heavy atom. The van der Waals surface area contributed by atoms with Crippen LogP contribution in [0.5, 0.6) is 0 Å². The molecular formula is C28H39N7O8. The van der Waals surface area contributed by atoms with Crippen LogP contribution < -0.4 is 10.6 Å². The molecule has 0 aromatic heterocycles. The van der Waals surface area contributed by atoms with Gasteiger partial charge in [-0.15, -0.1) is 0 Å². The molecular weight excluding hydrogens is 562 g/mol. The number of hydrogen-bond donors (Lipinski definition) is 2. The van der Waals surface area contributed by atoms with Gasteiger partial charge >= 0.3 is 6.09 Å². The molecule has 2 heterocycles. The summed E-state index contributed by atoms with van der Waals surface area (Å²) in [7, 11) is 0. The van der Waals surface area contributed by atoms with Gasteiger partial charge in [-0.25, -0.2) is 4.79 Å². The van der Waals surface area contributed by atoms with Gasteiger partial charge in [-0.05, 0) is 62.9 Å². The minimum absolute atomic E-state index is 0.00799. The summed E-state index contributed by atoms with van der Waals surface area (Å²) in [6.45, 7) is 7.44. The van der Waals surface area contributed by atoms with Crippen LogP contribution in [0.2, 0.25) is 0 Å². The number of carbonyl (C=O) groups is 5. The number of benzene rings is 1. The third-order valence-electron chi connectivity index (χ3n) is 6.56. The maximum Gasteiger partial charge on any atom is 0.410 e. The molecule has 1 aromatic rings. The highest BCUT2D eigenvalue weighted by atomic mass is 16.6. The van der Waals surface area contributed by atoms with Crippen molar-refractivity contribution in [1.29, 1.82) is 0 Å². The van der Waals surface area contributed by atoms with Crippen LogP contribution in [0.25, 0.3) is 10.4 Å². The maximum atomic E-state index is 12.9. The Bertz CT molecular complexity index is 1240. The second kappa shape index (κ2) is 15.9. The van der Waals surface area contributed by atoms with Crippen molar-refractivity contribution in [3.8, 4) is 0 Å². The lowest BCUT2D eigenvalue weighted by Crippen LogP contribution is -2.52. The molecule has 15 nitrogen and oxygen atoms in total. The third kappa shape index (κ3) is 10.5. The summed E-state index contributed by atoms with van der Waals surface area (Å²) >= 11 is 0. The van der Waals surface area contributed by atoms with Crippen LogP contribution in [-0.2, 0) is 35.1 Å². The van der Waals surface area contributed by atoms with Crippen molar-refractivity contribution in [2.45, 2.75) is 64.6 Å². The van der Waals surface area contributed by atoms with E-state index < -0.39 is 23.6 Å². The smallest absolute Gasteiger partial charge is 0.410 e. The highest BCUT2D eigenvalue weighted by molar-refractivity contribution is 6.05. The van der Waals surface area contributed by atoms with Crippen LogP contribution in [0.3, 0.4) is 0 Å². The minimum Gasteiger partial charge on any atom is -0.444 e. The Morgan fingerprint density at radius 2 is 1.88 bits per heavy atom. The molecule has 3 rings (SSSR count). The highest BCUT2D eigenvalue weighted by Gasteiger charge is 2.39. The number of anilines is 1. The van der Waals surface area contributed by atoms with Gasteiger partial charge < -0.3 is 29.3 Å². The molecule has 2 aliphatic heterocycles. The van der Waals surface area contributed by atoms with Crippen molar-refractivity contribution in [2.75, 3.05) is 51.4 Å². The first-order valence-corrected chi connectivity index (χ1v) is 14.2. The topological polar surface area (TPSA) is 192 Å². The number of rotatable bonds is 15. The lowest BCUT2D eigenvalue weighted by molar-refractivity contribution is -0.137. The summed E-state index contributed by atoms with van der Waals surface area (Å²) in [6, 6.07) is 4.19. The number of amides is 5. The molecule has 1 saturated heterocycles. The van der Waals surface area contributed by atoms with Crippen molar-refractivity contribution in [1.82, 2.24) is 15.1 Å². The number of fused-ring (bicyclic) bond motifs is 1. The van der Waals surface area contributed by atoms with Gasteiger partial charge in [0.2, 0.25) is 17.7 Å². The SMILES string of the molecule is CC(C)(C)OC(=O)N(CCOCCOCCCN=[N+]=[N-])CCC(=O)Nc1ccc2c(c1)CN(C1CCC(=O)NC1=O)C2=O. The van der Waals surface area contributed by atoms with Crippen LogP contribution in [0.4, 0.5) is 10.5 Å². The second-order valence-electron chi connectivity index (χ2n) is 11.1. The van der Waals surface area contributed by atoms with Gasteiger partial charge in [-0.1, -0.05) is 5.11 Å². The zero-order valence-corrected chi connectivity index (χ0v) is 24.8. The van der Waals surface area contributed by atoms with Gasteiger partial charge in [0.05, 0.1) is 19.8 Å². The van der Waals surface area contributed by atoms with Crippen LogP contribution in [0, 0.1) is 0 Å². The third-order valence-corrected chi connectivity index (χ3v) is 6.56. The Labute approximate surface area is 249 Å². The maximum absolute atomic E-state index is 12.9. The van der Waals surface area contributed by atoms with Crippen LogP contribution in [0.1, 0.15) is 62.4 Å². The van der Waals surface area contributed by atoms with E-state index in [2.05, 4.69) is 20.7 Å². The van der Waals surface area contributed by atoms with Gasteiger partial charge in [-0.2, -0.15) is 0 Å². The minimum atomic E-state index is -0.721. The number of nitrogens with zero attached hydrogens (tertiary/aromatic N) is 5. The van der Waals surface area contributed by atoms with Crippen molar-refractivity contribution in [3.63, 3.8) is 0 Å². The summed E-state index contributed by atoms with van der Waals surface area (Å²) < 4.78 is 16.4. The lowest BCUT2D eigenvalue weighted by Gasteiger charge is -2.29. The molecule has 0 bridgehead atoms. The first-order valence-electron chi connectivity index (χ1n) is 14.2. The number of ether oxygens (including phenoxy) is 3. The molecule has 234 valence electrons. The second-order valence-corrected chi connectivity index (χ2v) is 11.1. The van der Waals surface area contributed by atoms with E-state index in [1.165, 1.54) is 9.80 Å². The molecule has 1 fully saturated rings. The Balaban J connectivity index is 1.48. The van der Waals surface area contributed by atoms with Gasteiger partial charge in [0.25, 0.3) is 5.91 Å². The zero-order valence-electron chi connectivity index (χ0n) is 24.8. The predicted octanol–water partition coefficient (Wildman–Crippen LogP) is 2.75. The van der Waals surface area contributed by atoms with Gasteiger partial charge in [0.15, 0.2) is 0 Å². The van der Waals surface area contributed by atoms with E-state index in [9.17, 15) is 24.0 Å². The van der Waals surface area contributed by atoms with E-state index >= 15 is 0 Å². The first kappa shape index (κ1) is 33.3. The van der Waals surface area contributed by atoms with Crippen molar-refractivity contribution in [2.24, 2.45) is 5.11 Å². The standard InChI is InChI=1S/C28H39N7O8/c1-28(2,3)43-27(40)34(12-14-42-16-15-41-13-4-10-30-33-29)11-9-24(37)31-20-5-6-21-19(17-20)18-35(26(21)39)22-7-8-23(36)32-25(22)38/h5-6,17,22H,4,7-16,18H2,1-3H3,(H,31,37)(H,32,36,38). The molecule has 1 aromatic carbocycles. The Kier molecular flexibility index (Phi) is 12.3. The van der Waals surface area contributed by atoms with E-state index in [0.29, 0.717) is 49.6 Å². The summed E-state index contributed by atoms with van der Waals surface area (Å²) in [6.07, 6.45) is 0.471. The van der Waals surface area contributed by atoms with E-state index in [1.54, 1.807) is 39.0 Å². The number of nitrogens with one attached hydrogen (secondary N) is 2. The summed E-state index contributed by atoms with van der Waals surface area (Å²) in [5, 5.41) is 8.51. The van der Waals surface area contributed by atoms with Gasteiger partial charge in [-0.3, -0.25) is 24.5 Å². The fourth-order valence-corrected chi connectivity index (χ4v) is 4.51. The van der Waals surface area contributed by atoms with E-state index in [1.807, 2.05) is 0 Å². The largest absolute Gasteiger partial charge is 0.444 e. The number of imide groups is 1. The zero-order chi connectivity index (χ0) is 31.4. The Hall–Kier alpha value is -4.20. The molecule has 43 heavy (non-hydrogen) atoms. The van der Waals surface area contributed by atoms with E-state index in [4.69, 9.17) is 19.7 Å². The van der Waals surface area contributed by atoms with E-state index in [0.717, 1.165) is 0 Å². The molecule has 0 aliphatic carbocycles. The molecule has 0 saturated carbocycles. The van der Waals surface area contributed by atoms with Crippen molar-refractivity contribution in [3.05, 3.63) is 39.8 Å². The molecule has 2 N–H and O–H groups in total. The molecule has 2 aliphatic rings. The first-order chi connectivity index (χ1) is 20.5. The molecule has 0 radical (unpaired) electrons. The quantitative estimate of drug-likeness (QED) is 0.101. The lowest BCUT2D eigenvalue weighted by atomic mass is 10.0. The average molecular weight is 602 g/mol. The Morgan fingerprint density at radius 1 is 1.14 bits per heavy atom. The fraction of sp³-hybridized carbons (Fsp3) is 0.607. The monoisotopic (exact) mass is 601 g/mol. The fourth-order valence-electron chi connectivity index (χ4n) is 4.51. The number of hydrogen-bond acceptors (Lipinski definition) is 9. The normalized spacial score (nSPS) is 16.3. The number of piperidine rings is 1. The van der Waals surface area contributed by atoms with Crippen LogP contribution >= 0.6 is 0 Å². The molecule has 1 unspecified atom stereocenters. The van der Waals surface area contributed by atoms with E-state index in [-0.39, 0.29) is 63.2 Å².